The van der Waals surface area contributed by atoms with Crippen molar-refractivity contribution in [3.63, 3.8) is 0 Å². The summed E-state index contributed by atoms with van der Waals surface area (Å²) in [6.07, 6.45) is 7.85. The van der Waals surface area contributed by atoms with Crippen LogP contribution in [0.15, 0.2) is 17.4 Å². The van der Waals surface area contributed by atoms with Gasteiger partial charge in [-0.2, -0.15) is 5.10 Å². The summed E-state index contributed by atoms with van der Waals surface area (Å²) in [7, 11) is 4.04. The van der Waals surface area contributed by atoms with Crippen LogP contribution in [0.4, 0.5) is 0 Å². The highest BCUT2D eigenvalue weighted by atomic mass is 127. The van der Waals surface area contributed by atoms with Crippen LogP contribution in [-0.4, -0.2) is 40.3 Å². The Morgan fingerprint density at radius 3 is 2.86 bits per heavy atom. The number of nitrogens with zero attached hydrogens (tertiary/aromatic N) is 4. The second-order valence-electron chi connectivity index (χ2n) is 5.71. The van der Waals surface area contributed by atoms with Crippen LogP contribution in [0.1, 0.15) is 38.7 Å². The molecule has 5 nitrogen and oxygen atoms in total. The molecule has 0 spiro atoms. The van der Waals surface area contributed by atoms with Crippen molar-refractivity contribution in [3.05, 3.63) is 18.0 Å². The van der Waals surface area contributed by atoms with Crippen LogP contribution >= 0.6 is 24.0 Å². The van der Waals surface area contributed by atoms with Gasteiger partial charge in [0.05, 0.1) is 6.20 Å². The molecule has 1 saturated carbocycles. The lowest BCUT2D eigenvalue weighted by atomic mass is 10.2. The van der Waals surface area contributed by atoms with Crippen molar-refractivity contribution in [3.8, 4) is 0 Å². The predicted molar refractivity (Wildman–Crippen MR) is 98.0 cm³/mol. The van der Waals surface area contributed by atoms with Gasteiger partial charge >= 0.3 is 0 Å². The first-order valence-electron chi connectivity index (χ1n) is 7.63. The molecule has 2 rings (SSSR count). The summed E-state index contributed by atoms with van der Waals surface area (Å²) in [5, 5.41) is 7.82. The highest BCUT2D eigenvalue weighted by Crippen LogP contribution is 2.34. The van der Waals surface area contributed by atoms with Crippen molar-refractivity contribution >= 4 is 29.9 Å². The van der Waals surface area contributed by atoms with Crippen molar-refractivity contribution in [2.45, 2.75) is 45.7 Å². The monoisotopic (exact) mass is 405 g/mol. The minimum absolute atomic E-state index is 0. The van der Waals surface area contributed by atoms with Crippen molar-refractivity contribution in [2.75, 3.05) is 13.6 Å². The van der Waals surface area contributed by atoms with Crippen LogP contribution in [-0.2, 0) is 13.6 Å². The Balaban J connectivity index is 0.00000220. The van der Waals surface area contributed by atoms with Gasteiger partial charge in [-0.3, -0.25) is 9.67 Å². The number of halogens is 1. The lowest BCUT2D eigenvalue weighted by molar-refractivity contribution is 0.471. The molecule has 1 aromatic rings. The molecule has 0 bridgehead atoms. The molecule has 0 aromatic carbocycles. The lowest BCUT2D eigenvalue weighted by Crippen LogP contribution is -2.40. The fourth-order valence-corrected chi connectivity index (χ4v) is 2.61. The molecule has 21 heavy (non-hydrogen) atoms. The number of hydrogen-bond acceptors (Lipinski definition) is 2. The molecule has 120 valence electrons. The van der Waals surface area contributed by atoms with Gasteiger partial charge in [-0.1, -0.05) is 13.3 Å². The third kappa shape index (κ3) is 5.48. The highest BCUT2D eigenvalue weighted by molar-refractivity contribution is 14.0. The third-order valence-electron chi connectivity index (χ3n) is 3.74. The van der Waals surface area contributed by atoms with Crippen LogP contribution < -0.4 is 5.32 Å². The number of aliphatic imine (C=N–C) groups is 1. The van der Waals surface area contributed by atoms with Gasteiger partial charge in [0.25, 0.3) is 0 Å². The van der Waals surface area contributed by atoms with Gasteiger partial charge in [0.1, 0.15) is 0 Å². The van der Waals surface area contributed by atoms with Crippen LogP contribution in [0, 0.1) is 5.92 Å². The average molecular weight is 405 g/mol. The molecule has 1 aliphatic carbocycles. The summed E-state index contributed by atoms with van der Waals surface area (Å²) in [6.45, 7) is 5.98. The van der Waals surface area contributed by atoms with Gasteiger partial charge in [0.15, 0.2) is 5.96 Å². The first kappa shape index (κ1) is 18.3. The zero-order valence-corrected chi connectivity index (χ0v) is 15.9. The van der Waals surface area contributed by atoms with E-state index in [1.54, 1.807) is 0 Å². The van der Waals surface area contributed by atoms with E-state index in [0.717, 1.165) is 25.0 Å². The first-order valence-corrected chi connectivity index (χ1v) is 7.63. The maximum Gasteiger partial charge on any atom is 0.194 e. The van der Waals surface area contributed by atoms with E-state index in [1.807, 2.05) is 17.9 Å². The summed E-state index contributed by atoms with van der Waals surface area (Å²) < 4.78 is 1.84. The second-order valence-corrected chi connectivity index (χ2v) is 5.71. The molecular formula is C15H28IN5. The number of aromatic nitrogens is 2. The van der Waals surface area contributed by atoms with Crippen molar-refractivity contribution in [1.29, 1.82) is 0 Å². The SMILES string of the molecule is CCCC1CC1NC(=NCC)N(C)Cc1cnn(C)c1.I. The third-order valence-corrected chi connectivity index (χ3v) is 3.74. The Kier molecular flexibility index (Phi) is 7.48. The topological polar surface area (TPSA) is 45.5 Å². The molecule has 1 heterocycles. The number of nitrogens with one attached hydrogen (secondary N) is 1. The van der Waals surface area contributed by atoms with Crippen LogP contribution in [0.5, 0.6) is 0 Å². The van der Waals surface area contributed by atoms with E-state index in [0.29, 0.717) is 6.04 Å². The Morgan fingerprint density at radius 1 is 1.52 bits per heavy atom. The van der Waals surface area contributed by atoms with Gasteiger partial charge in [0.2, 0.25) is 0 Å². The van der Waals surface area contributed by atoms with Crippen molar-refractivity contribution < 1.29 is 0 Å². The van der Waals surface area contributed by atoms with Gasteiger partial charge in [-0.05, 0) is 25.7 Å². The minimum atomic E-state index is 0. The predicted octanol–water partition coefficient (Wildman–Crippen LogP) is 2.62. The summed E-state index contributed by atoms with van der Waals surface area (Å²) in [4.78, 5) is 6.79. The van der Waals surface area contributed by atoms with E-state index in [-0.39, 0.29) is 24.0 Å². The van der Waals surface area contributed by atoms with Crippen LogP contribution in [0.2, 0.25) is 0 Å². The second kappa shape index (κ2) is 8.60. The van der Waals surface area contributed by atoms with Crippen molar-refractivity contribution in [2.24, 2.45) is 18.0 Å². The maximum absolute atomic E-state index is 4.61. The van der Waals surface area contributed by atoms with Gasteiger partial charge < -0.3 is 10.2 Å². The van der Waals surface area contributed by atoms with E-state index < -0.39 is 0 Å². The molecular weight excluding hydrogens is 377 g/mol. The molecule has 1 fully saturated rings. The number of rotatable bonds is 6. The first-order chi connectivity index (χ1) is 9.63. The van der Waals surface area contributed by atoms with Crippen LogP contribution in [0.25, 0.3) is 0 Å². The molecule has 0 aliphatic heterocycles. The van der Waals surface area contributed by atoms with Gasteiger partial charge in [-0.15, -0.1) is 24.0 Å². The summed E-state index contributed by atoms with van der Waals surface area (Å²) in [5.41, 5.74) is 1.21. The molecule has 0 amide bonds. The van der Waals surface area contributed by atoms with Gasteiger partial charge in [-0.25, -0.2) is 0 Å². The zero-order chi connectivity index (χ0) is 14.5. The molecule has 2 atom stereocenters. The fourth-order valence-electron chi connectivity index (χ4n) is 2.61. The number of guanidine groups is 1. The van der Waals surface area contributed by atoms with Crippen molar-refractivity contribution in [1.82, 2.24) is 20.0 Å². The molecule has 0 saturated heterocycles. The van der Waals surface area contributed by atoms with Crippen LogP contribution in [0.3, 0.4) is 0 Å². The minimum Gasteiger partial charge on any atom is -0.353 e. The Hall–Kier alpha value is -0.790. The smallest absolute Gasteiger partial charge is 0.194 e. The molecule has 1 aromatic heterocycles. The number of hydrogen-bond donors (Lipinski definition) is 1. The number of aryl methyl sites for hydroxylation is 1. The summed E-state index contributed by atoms with van der Waals surface area (Å²) >= 11 is 0. The molecule has 6 heteroatoms. The van der Waals surface area contributed by atoms with E-state index in [2.05, 4.69) is 47.4 Å². The standard InChI is InChI=1S/C15H27N5.HI/c1-5-7-13-8-14(13)18-15(16-6-2)19(3)10-12-9-17-20(4)11-12;/h9,11,13-14H,5-8,10H2,1-4H3,(H,16,18);1H. The molecule has 2 unspecified atom stereocenters. The summed E-state index contributed by atoms with van der Waals surface area (Å²) in [5.74, 6) is 1.86. The summed E-state index contributed by atoms with van der Waals surface area (Å²) in [6, 6.07) is 0.622. The largest absolute Gasteiger partial charge is 0.353 e. The maximum atomic E-state index is 4.61. The van der Waals surface area contributed by atoms with E-state index in [9.17, 15) is 0 Å². The quantitative estimate of drug-likeness (QED) is 0.450. The van der Waals surface area contributed by atoms with E-state index in [1.165, 1.54) is 24.8 Å². The molecule has 0 radical (unpaired) electrons. The molecule has 1 N–H and O–H groups in total. The Bertz CT molecular complexity index is 457. The normalized spacial score (nSPS) is 20.9. The zero-order valence-electron chi connectivity index (χ0n) is 13.5. The lowest BCUT2D eigenvalue weighted by Gasteiger charge is -2.22. The Labute approximate surface area is 145 Å². The van der Waals surface area contributed by atoms with Gasteiger partial charge in [0, 0.05) is 45.0 Å². The average Bonchev–Trinajstić information content (AvgIpc) is 3.00. The fraction of sp³-hybridized carbons (Fsp3) is 0.733. The highest BCUT2D eigenvalue weighted by Gasteiger charge is 2.37. The van der Waals surface area contributed by atoms with E-state index in [4.69, 9.17) is 0 Å². The molecule has 1 aliphatic rings. The van der Waals surface area contributed by atoms with E-state index >= 15 is 0 Å². The Morgan fingerprint density at radius 2 is 2.29 bits per heavy atom.